The van der Waals surface area contributed by atoms with E-state index in [-0.39, 0.29) is 6.04 Å². The molecule has 1 aromatic carbocycles. The van der Waals surface area contributed by atoms with Crippen molar-refractivity contribution in [1.29, 1.82) is 0 Å². The second-order valence-corrected chi connectivity index (χ2v) is 6.72. The van der Waals surface area contributed by atoms with E-state index >= 15 is 0 Å². The molecule has 1 atom stereocenters. The summed E-state index contributed by atoms with van der Waals surface area (Å²) in [5.74, 6) is 0. The van der Waals surface area contributed by atoms with Crippen LogP contribution in [-0.2, 0) is 21.3 Å². The summed E-state index contributed by atoms with van der Waals surface area (Å²) >= 11 is 0. The van der Waals surface area contributed by atoms with Gasteiger partial charge in [-0.3, -0.25) is 0 Å². The van der Waals surface area contributed by atoms with Crippen molar-refractivity contribution in [3.63, 3.8) is 0 Å². The van der Waals surface area contributed by atoms with Crippen LogP contribution in [-0.4, -0.2) is 34.2 Å². The first kappa shape index (κ1) is 15.4. The second kappa shape index (κ2) is 7.17. The summed E-state index contributed by atoms with van der Waals surface area (Å²) in [5.41, 5.74) is 1.08. The van der Waals surface area contributed by atoms with E-state index < -0.39 is 10.0 Å². The Balaban J connectivity index is 1.97. The second-order valence-electron chi connectivity index (χ2n) is 5.00. The Morgan fingerprint density at radius 2 is 2.05 bits per heavy atom. The van der Waals surface area contributed by atoms with Crippen LogP contribution in [0.3, 0.4) is 0 Å². The average molecular weight is 298 g/mol. The molecule has 5 nitrogen and oxygen atoms in total. The topological polar surface area (TPSA) is 67.4 Å². The van der Waals surface area contributed by atoms with Gasteiger partial charge in [0.25, 0.3) is 0 Å². The van der Waals surface area contributed by atoms with Gasteiger partial charge in [0.15, 0.2) is 0 Å². The Bertz CT molecular complexity index is 508. The molecule has 0 aliphatic carbocycles. The molecule has 6 heteroatoms. The number of rotatable bonds is 7. The highest BCUT2D eigenvalue weighted by atomic mass is 32.2. The van der Waals surface area contributed by atoms with Crippen LogP contribution in [0.1, 0.15) is 25.3 Å². The lowest BCUT2D eigenvalue weighted by molar-refractivity contribution is 0.192. The van der Waals surface area contributed by atoms with E-state index in [4.69, 9.17) is 4.74 Å². The minimum absolute atomic E-state index is 0.106. The molecule has 0 saturated carbocycles. The van der Waals surface area contributed by atoms with Gasteiger partial charge in [-0.15, -0.1) is 0 Å². The van der Waals surface area contributed by atoms with Crippen molar-refractivity contribution < 1.29 is 13.2 Å². The van der Waals surface area contributed by atoms with Crippen LogP contribution in [0.2, 0.25) is 0 Å². The zero-order valence-corrected chi connectivity index (χ0v) is 12.6. The molecule has 0 bridgehead atoms. The lowest BCUT2D eigenvalue weighted by Crippen LogP contribution is -2.35. The molecule has 2 rings (SSSR count). The standard InChI is InChI=1S/C14H22N2O3S/c1-2-8-15-10-12-3-5-14(6-4-12)20(17,18)16-13-7-9-19-11-13/h3-6,13,15-16H,2,7-11H2,1H3. The van der Waals surface area contributed by atoms with Crippen LogP contribution in [0.25, 0.3) is 0 Å². The van der Waals surface area contributed by atoms with Crippen molar-refractivity contribution >= 4 is 10.0 Å². The fourth-order valence-corrected chi connectivity index (χ4v) is 3.37. The van der Waals surface area contributed by atoms with Gasteiger partial charge in [0.05, 0.1) is 11.5 Å². The largest absolute Gasteiger partial charge is 0.380 e. The number of nitrogens with one attached hydrogen (secondary N) is 2. The number of benzene rings is 1. The van der Waals surface area contributed by atoms with E-state index in [1.807, 2.05) is 12.1 Å². The highest BCUT2D eigenvalue weighted by Crippen LogP contribution is 2.13. The lowest BCUT2D eigenvalue weighted by Gasteiger charge is -2.12. The van der Waals surface area contributed by atoms with Crippen molar-refractivity contribution in [2.45, 2.75) is 37.2 Å². The van der Waals surface area contributed by atoms with Crippen molar-refractivity contribution in [3.05, 3.63) is 29.8 Å². The maximum absolute atomic E-state index is 12.2. The first-order valence-electron chi connectivity index (χ1n) is 7.01. The predicted octanol–water partition coefficient (Wildman–Crippen LogP) is 1.25. The molecule has 0 amide bonds. The normalized spacial score (nSPS) is 19.4. The average Bonchev–Trinajstić information content (AvgIpc) is 2.92. The van der Waals surface area contributed by atoms with Crippen LogP contribution in [0.5, 0.6) is 0 Å². The van der Waals surface area contributed by atoms with E-state index in [1.54, 1.807) is 12.1 Å². The molecular weight excluding hydrogens is 276 g/mol. The van der Waals surface area contributed by atoms with Crippen LogP contribution in [0.15, 0.2) is 29.2 Å². The number of ether oxygens (including phenoxy) is 1. The Morgan fingerprint density at radius 1 is 1.30 bits per heavy atom. The van der Waals surface area contributed by atoms with Gasteiger partial charge in [-0.05, 0) is 37.1 Å². The molecule has 20 heavy (non-hydrogen) atoms. The molecule has 1 aromatic rings. The monoisotopic (exact) mass is 298 g/mol. The first-order chi connectivity index (χ1) is 9.62. The van der Waals surface area contributed by atoms with Crippen molar-refractivity contribution in [2.24, 2.45) is 0 Å². The van der Waals surface area contributed by atoms with Gasteiger partial charge in [-0.1, -0.05) is 19.1 Å². The molecule has 1 aliphatic rings. The summed E-state index contributed by atoms with van der Waals surface area (Å²) in [7, 11) is -3.44. The molecule has 1 saturated heterocycles. The van der Waals surface area contributed by atoms with Gasteiger partial charge < -0.3 is 10.1 Å². The molecule has 1 unspecified atom stereocenters. The molecule has 112 valence electrons. The zero-order valence-electron chi connectivity index (χ0n) is 11.8. The summed E-state index contributed by atoms with van der Waals surface area (Å²) in [6.45, 7) is 4.91. The van der Waals surface area contributed by atoms with E-state index in [0.29, 0.717) is 18.1 Å². The molecule has 0 spiro atoms. The third kappa shape index (κ3) is 4.28. The summed E-state index contributed by atoms with van der Waals surface area (Å²) < 4.78 is 32.2. The number of hydrogen-bond donors (Lipinski definition) is 2. The Labute approximate surface area is 120 Å². The fourth-order valence-electron chi connectivity index (χ4n) is 2.11. The van der Waals surface area contributed by atoms with Gasteiger partial charge >= 0.3 is 0 Å². The van der Waals surface area contributed by atoms with Crippen LogP contribution in [0.4, 0.5) is 0 Å². The molecule has 1 heterocycles. The molecule has 0 aromatic heterocycles. The smallest absolute Gasteiger partial charge is 0.240 e. The van der Waals surface area contributed by atoms with Crippen molar-refractivity contribution in [1.82, 2.24) is 10.0 Å². The third-order valence-corrected chi connectivity index (χ3v) is 4.78. The van der Waals surface area contributed by atoms with Gasteiger partial charge in [0, 0.05) is 19.2 Å². The highest BCUT2D eigenvalue weighted by Gasteiger charge is 2.23. The number of sulfonamides is 1. The summed E-state index contributed by atoms with van der Waals surface area (Å²) in [4.78, 5) is 0.309. The summed E-state index contributed by atoms with van der Waals surface area (Å²) in [5, 5.41) is 3.29. The third-order valence-electron chi connectivity index (χ3n) is 3.24. The van der Waals surface area contributed by atoms with E-state index in [2.05, 4.69) is 17.0 Å². The van der Waals surface area contributed by atoms with E-state index in [9.17, 15) is 8.42 Å². The molecule has 1 fully saturated rings. The fraction of sp³-hybridized carbons (Fsp3) is 0.571. The Hall–Kier alpha value is -0.950. The first-order valence-corrected chi connectivity index (χ1v) is 8.50. The van der Waals surface area contributed by atoms with Gasteiger partial charge in [0.1, 0.15) is 0 Å². The van der Waals surface area contributed by atoms with Crippen LogP contribution in [0, 0.1) is 0 Å². The van der Waals surface area contributed by atoms with Crippen molar-refractivity contribution in [3.8, 4) is 0 Å². The van der Waals surface area contributed by atoms with E-state index in [1.165, 1.54) is 0 Å². The SMILES string of the molecule is CCCNCc1ccc(S(=O)(=O)NC2CCOC2)cc1. The molecule has 0 radical (unpaired) electrons. The zero-order chi connectivity index (χ0) is 14.4. The maximum Gasteiger partial charge on any atom is 0.240 e. The van der Waals surface area contributed by atoms with E-state index in [0.717, 1.165) is 31.5 Å². The van der Waals surface area contributed by atoms with Crippen molar-refractivity contribution in [2.75, 3.05) is 19.8 Å². The van der Waals surface area contributed by atoms with Gasteiger partial charge in [-0.25, -0.2) is 13.1 Å². The highest BCUT2D eigenvalue weighted by molar-refractivity contribution is 7.89. The van der Waals surface area contributed by atoms with Crippen LogP contribution < -0.4 is 10.0 Å². The minimum Gasteiger partial charge on any atom is -0.380 e. The van der Waals surface area contributed by atoms with Gasteiger partial charge in [-0.2, -0.15) is 0 Å². The van der Waals surface area contributed by atoms with Gasteiger partial charge in [0.2, 0.25) is 10.0 Å². The quantitative estimate of drug-likeness (QED) is 0.744. The Kier molecular flexibility index (Phi) is 5.54. The molecule has 1 aliphatic heterocycles. The number of hydrogen-bond acceptors (Lipinski definition) is 4. The maximum atomic E-state index is 12.2. The summed E-state index contributed by atoms with van der Waals surface area (Å²) in [6.07, 6.45) is 1.82. The molecule has 2 N–H and O–H groups in total. The minimum atomic E-state index is -3.44. The predicted molar refractivity (Wildman–Crippen MR) is 78.0 cm³/mol. The molecular formula is C14H22N2O3S. The Morgan fingerprint density at radius 3 is 2.65 bits per heavy atom. The van der Waals surface area contributed by atoms with Crippen LogP contribution >= 0.6 is 0 Å². The summed E-state index contributed by atoms with van der Waals surface area (Å²) in [6, 6.07) is 6.90. The lowest BCUT2D eigenvalue weighted by atomic mass is 10.2.